The molecule has 1 N–H and O–H groups in total. The predicted octanol–water partition coefficient (Wildman–Crippen LogP) is 4.24. The van der Waals surface area contributed by atoms with E-state index in [2.05, 4.69) is 12.1 Å². The van der Waals surface area contributed by atoms with Gasteiger partial charge >= 0.3 is 10.8 Å². The highest BCUT2D eigenvalue weighted by atomic mass is 32.2. The summed E-state index contributed by atoms with van der Waals surface area (Å²) in [6.07, 6.45) is 1.05. The summed E-state index contributed by atoms with van der Waals surface area (Å²) in [5, 5.41) is 10.1. The first-order valence-electron chi connectivity index (χ1n) is 13.1. The lowest BCUT2D eigenvalue weighted by molar-refractivity contribution is -0.142. The molecular formula is C29H26N2O5S2. The second kappa shape index (κ2) is 8.95. The zero-order valence-electron chi connectivity index (χ0n) is 20.4. The monoisotopic (exact) mass is 546 g/mol. The highest BCUT2D eigenvalue weighted by Crippen LogP contribution is 2.68. The van der Waals surface area contributed by atoms with Crippen LogP contribution in [-0.2, 0) is 14.4 Å². The Morgan fingerprint density at radius 2 is 1.58 bits per heavy atom. The second-order valence-corrected chi connectivity index (χ2v) is 12.9. The maximum absolute atomic E-state index is 13.6. The molecule has 2 amide bonds. The van der Waals surface area contributed by atoms with Crippen molar-refractivity contribution < 1.29 is 19.5 Å². The van der Waals surface area contributed by atoms with Crippen LogP contribution >= 0.6 is 23.1 Å². The van der Waals surface area contributed by atoms with Crippen LogP contribution in [0.3, 0.4) is 0 Å². The number of fused-ring (bicyclic) bond motifs is 9. The molecule has 3 fully saturated rings. The number of thiazole rings is 1. The predicted molar refractivity (Wildman–Crippen MR) is 144 cm³/mol. The quantitative estimate of drug-likeness (QED) is 0.465. The summed E-state index contributed by atoms with van der Waals surface area (Å²) in [7, 11) is 0. The lowest BCUT2D eigenvalue weighted by atomic mass is 9.68. The van der Waals surface area contributed by atoms with Crippen LogP contribution in [0.4, 0.5) is 0 Å². The summed E-state index contributed by atoms with van der Waals surface area (Å²) in [6.45, 7) is 0.169. The van der Waals surface area contributed by atoms with Gasteiger partial charge in [-0.15, -0.1) is 11.8 Å². The third-order valence-electron chi connectivity index (χ3n) is 8.91. The molecule has 1 saturated heterocycles. The van der Waals surface area contributed by atoms with Gasteiger partial charge in [-0.2, -0.15) is 0 Å². The minimum atomic E-state index is -0.923. The number of hydrogen-bond acceptors (Lipinski definition) is 6. The van der Waals surface area contributed by atoms with Crippen LogP contribution < -0.4 is 4.87 Å². The van der Waals surface area contributed by atoms with Crippen LogP contribution in [0.5, 0.6) is 0 Å². The number of hydrogen-bond donors (Lipinski definition) is 1. The lowest BCUT2D eigenvalue weighted by Gasteiger charge is -2.43. The van der Waals surface area contributed by atoms with E-state index < -0.39 is 5.97 Å². The van der Waals surface area contributed by atoms with E-state index in [1.54, 1.807) is 11.8 Å². The van der Waals surface area contributed by atoms with Gasteiger partial charge in [-0.1, -0.05) is 59.9 Å². The molecule has 2 aliphatic carbocycles. The summed E-state index contributed by atoms with van der Waals surface area (Å²) in [5.74, 6) is -1.63. The number of likely N-dealkylation sites (tertiary alicyclic amines) is 1. The third kappa shape index (κ3) is 3.41. The zero-order chi connectivity index (χ0) is 26.1. The molecule has 3 heterocycles. The van der Waals surface area contributed by atoms with Crippen molar-refractivity contribution in [2.75, 3.05) is 6.54 Å². The maximum Gasteiger partial charge on any atom is 0.312 e. The smallest absolute Gasteiger partial charge is 0.312 e. The van der Waals surface area contributed by atoms with Crippen molar-refractivity contribution in [3.63, 3.8) is 0 Å². The molecule has 4 aliphatic rings. The third-order valence-corrected chi connectivity index (χ3v) is 11.6. The summed E-state index contributed by atoms with van der Waals surface area (Å²) in [4.78, 5) is 53.9. The molecule has 7 atom stereocenters. The van der Waals surface area contributed by atoms with Crippen molar-refractivity contribution in [3.05, 3.63) is 80.8 Å². The summed E-state index contributed by atoms with van der Waals surface area (Å²) in [5.41, 5.74) is 1.98. The van der Waals surface area contributed by atoms with Gasteiger partial charge < -0.3 is 5.11 Å². The molecule has 1 aromatic heterocycles. The molecule has 2 aliphatic heterocycles. The number of benzene rings is 2. The Morgan fingerprint density at radius 3 is 2.26 bits per heavy atom. The Kier molecular flexibility index (Phi) is 5.63. The number of para-hydroxylation sites is 1. The first-order chi connectivity index (χ1) is 18.5. The molecule has 7 rings (SSSR count). The minimum Gasteiger partial charge on any atom is -0.481 e. The van der Waals surface area contributed by atoms with Crippen molar-refractivity contribution in [2.24, 2.45) is 29.6 Å². The molecule has 7 nitrogen and oxygen atoms in total. The number of aromatic nitrogens is 1. The SMILES string of the molecule is O=C(O)CCCN1C(=O)[C@@H]2[C@H]3C[C@@H]([C@@H]4Sc5c(sc(=O)n5-c5ccccc5)[C@H](c5ccccc5)[C@@H]34)[C@H]2C1=O. The van der Waals surface area contributed by atoms with Crippen molar-refractivity contribution in [3.8, 4) is 5.69 Å². The lowest BCUT2D eigenvalue weighted by Crippen LogP contribution is -2.43. The molecule has 2 saturated carbocycles. The number of nitrogens with zero attached hydrogens (tertiary/aromatic N) is 2. The summed E-state index contributed by atoms with van der Waals surface area (Å²) >= 11 is 3.02. The molecule has 2 aromatic carbocycles. The van der Waals surface area contributed by atoms with Crippen LogP contribution in [0.1, 0.15) is 35.6 Å². The number of carbonyl (C=O) groups excluding carboxylic acids is 2. The number of rotatable bonds is 6. The van der Waals surface area contributed by atoms with Gasteiger partial charge in [0.2, 0.25) is 11.8 Å². The molecule has 3 aromatic rings. The fraction of sp³-hybridized carbons (Fsp3) is 0.379. The number of carbonyl (C=O) groups is 3. The molecular weight excluding hydrogens is 520 g/mol. The van der Waals surface area contributed by atoms with Gasteiger partial charge in [-0.3, -0.25) is 28.6 Å². The molecule has 194 valence electrons. The Morgan fingerprint density at radius 1 is 0.921 bits per heavy atom. The average Bonchev–Trinajstić information content (AvgIpc) is 3.64. The number of thioether (sulfide) groups is 1. The van der Waals surface area contributed by atoms with Gasteiger partial charge in [-0.05, 0) is 48.3 Å². The standard InChI is InChI=1S/C29H26N2O5S2/c32-19(33)12-7-13-30-26(34)22-17-14-18(23(22)27(30)35)24-21(17)20(15-8-3-1-4-9-15)25-28(37-24)31(29(36)38-25)16-10-5-2-6-11-16/h1-6,8-11,17-18,20-24H,7,12-14H2,(H,32,33)/t17-,18+,20+,21+,22+,23+,24-/m0/s1. The van der Waals surface area contributed by atoms with Crippen molar-refractivity contribution in [1.29, 1.82) is 0 Å². The number of carboxylic acid groups (broad SMARTS) is 1. The highest BCUT2D eigenvalue weighted by molar-refractivity contribution is 8.00. The van der Waals surface area contributed by atoms with Gasteiger partial charge in [0.15, 0.2) is 0 Å². The van der Waals surface area contributed by atoms with E-state index in [9.17, 15) is 19.2 Å². The van der Waals surface area contributed by atoms with E-state index in [-0.39, 0.29) is 76.8 Å². The van der Waals surface area contributed by atoms with Crippen LogP contribution in [0.25, 0.3) is 5.69 Å². The van der Waals surface area contributed by atoms with E-state index in [1.807, 2.05) is 53.1 Å². The Labute approximate surface area is 227 Å². The largest absolute Gasteiger partial charge is 0.481 e. The maximum atomic E-state index is 13.6. The molecule has 0 radical (unpaired) electrons. The van der Waals surface area contributed by atoms with E-state index >= 15 is 0 Å². The van der Waals surface area contributed by atoms with Crippen molar-refractivity contribution in [1.82, 2.24) is 9.47 Å². The Bertz CT molecular complexity index is 1500. The molecule has 0 spiro atoms. The van der Waals surface area contributed by atoms with Crippen LogP contribution in [0, 0.1) is 29.6 Å². The number of aliphatic carboxylic acids is 1. The van der Waals surface area contributed by atoms with Gasteiger partial charge in [0, 0.05) is 29.0 Å². The number of carboxylic acids is 1. The normalized spacial score (nSPS) is 30.8. The minimum absolute atomic E-state index is 0.0139. The van der Waals surface area contributed by atoms with Crippen molar-refractivity contribution >= 4 is 40.9 Å². The number of imide groups is 1. The molecule has 2 bridgehead atoms. The molecule has 38 heavy (non-hydrogen) atoms. The van der Waals surface area contributed by atoms with Crippen LogP contribution in [0.2, 0.25) is 0 Å². The fourth-order valence-corrected chi connectivity index (χ4v) is 10.7. The average molecular weight is 547 g/mol. The summed E-state index contributed by atoms with van der Waals surface area (Å²) < 4.78 is 1.82. The van der Waals surface area contributed by atoms with E-state index in [0.29, 0.717) is 0 Å². The first-order valence-corrected chi connectivity index (χ1v) is 14.7. The van der Waals surface area contributed by atoms with E-state index in [1.165, 1.54) is 16.2 Å². The second-order valence-electron chi connectivity index (χ2n) is 10.7. The Balaban J connectivity index is 1.31. The van der Waals surface area contributed by atoms with Crippen LogP contribution in [-0.4, -0.2) is 44.2 Å². The van der Waals surface area contributed by atoms with Gasteiger partial charge in [0.25, 0.3) is 0 Å². The van der Waals surface area contributed by atoms with Gasteiger partial charge in [0.05, 0.1) is 22.5 Å². The van der Waals surface area contributed by atoms with Gasteiger partial charge in [-0.25, -0.2) is 0 Å². The first kappa shape index (κ1) is 23.9. The van der Waals surface area contributed by atoms with Crippen LogP contribution in [0.15, 0.2) is 70.5 Å². The topological polar surface area (TPSA) is 96.7 Å². The Hall–Kier alpha value is -3.17. The molecule has 0 unspecified atom stereocenters. The van der Waals surface area contributed by atoms with E-state index in [4.69, 9.17) is 5.11 Å². The zero-order valence-corrected chi connectivity index (χ0v) is 22.1. The summed E-state index contributed by atoms with van der Waals surface area (Å²) in [6, 6.07) is 19.9. The molecule has 9 heteroatoms. The fourth-order valence-electron chi connectivity index (χ4n) is 7.58. The van der Waals surface area contributed by atoms with Crippen molar-refractivity contribution in [2.45, 2.75) is 35.5 Å². The highest BCUT2D eigenvalue weighted by Gasteiger charge is 2.69. The van der Waals surface area contributed by atoms with Gasteiger partial charge in [0.1, 0.15) is 0 Å². The number of amides is 2. The van der Waals surface area contributed by atoms with E-state index in [0.717, 1.165) is 27.6 Å².